The number of amides is 2. The van der Waals surface area contributed by atoms with Gasteiger partial charge < -0.3 is 10.6 Å². The first-order chi connectivity index (χ1) is 11.1. The fraction of sp³-hybridized carbons (Fsp3) is 0.250. The molecule has 4 nitrogen and oxygen atoms in total. The van der Waals surface area contributed by atoms with Gasteiger partial charge in [-0.3, -0.25) is 9.59 Å². The second-order valence-corrected chi connectivity index (χ2v) is 6.68. The maximum atomic E-state index is 13.2. The number of thiophene rings is 1. The summed E-state index contributed by atoms with van der Waals surface area (Å²) in [4.78, 5) is 24.9. The van der Waals surface area contributed by atoms with Gasteiger partial charge in [0.25, 0.3) is 5.91 Å². The van der Waals surface area contributed by atoms with E-state index in [9.17, 15) is 22.8 Å². The van der Waals surface area contributed by atoms with Crippen LogP contribution in [0.4, 0.5) is 24.5 Å². The van der Waals surface area contributed by atoms with Crippen LogP contribution in [0.2, 0.25) is 0 Å². The molecular formula is C16H15F3N2O2S. The van der Waals surface area contributed by atoms with Crippen LogP contribution in [0.5, 0.6) is 0 Å². The smallest absolute Gasteiger partial charge is 0.326 e. The highest BCUT2D eigenvalue weighted by Crippen LogP contribution is 2.37. The lowest BCUT2D eigenvalue weighted by molar-refractivity contribution is -0.137. The van der Waals surface area contributed by atoms with Crippen molar-refractivity contribution in [3.05, 3.63) is 45.1 Å². The van der Waals surface area contributed by atoms with Crippen LogP contribution in [0.3, 0.4) is 0 Å². The number of hydrogen-bond donors (Lipinski definition) is 2. The zero-order chi connectivity index (χ0) is 18.1. The van der Waals surface area contributed by atoms with Crippen molar-refractivity contribution in [1.82, 2.24) is 0 Å². The quantitative estimate of drug-likeness (QED) is 0.845. The zero-order valence-electron chi connectivity index (χ0n) is 13.2. The van der Waals surface area contributed by atoms with Crippen molar-refractivity contribution < 1.29 is 22.8 Å². The highest BCUT2D eigenvalue weighted by molar-refractivity contribution is 7.12. The number of alkyl halides is 3. The molecule has 0 radical (unpaired) electrons. The molecule has 0 fully saturated rings. The van der Waals surface area contributed by atoms with Gasteiger partial charge in [0.15, 0.2) is 0 Å². The minimum Gasteiger partial charge on any atom is -0.326 e. The number of aryl methyl sites for hydroxylation is 2. The van der Waals surface area contributed by atoms with Gasteiger partial charge in [-0.15, -0.1) is 11.3 Å². The molecule has 1 heterocycles. The van der Waals surface area contributed by atoms with Crippen LogP contribution < -0.4 is 10.6 Å². The number of hydrogen-bond acceptors (Lipinski definition) is 3. The Hall–Kier alpha value is -2.35. The number of nitrogens with one attached hydrogen (secondary N) is 2. The van der Waals surface area contributed by atoms with E-state index in [4.69, 9.17) is 0 Å². The molecule has 2 amide bonds. The van der Waals surface area contributed by atoms with Crippen molar-refractivity contribution in [1.29, 1.82) is 0 Å². The van der Waals surface area contributed by atoms with Gasteiger partial charge in [-0.2, -0.15) is 13.2 Å². The van der Waals surface area contributed by atoms with Crippen LogP contribution in [0.25, 0.3) is 0 Å². The third-order valence-corrected chi connectivity index (χ3v) is 4.15. The SMILES string of the molecule is CC(=O)Nc1ccc(NC(=O)c2cc(C)sc2C)c(C(F)(F)F)c1. The van der Waals surface area contributed by atoms with Crippen molar-refractivity contribution >= 4 is 34.5 Å². The van der Waals surface area contributed by atoms with Crippen molar-refractivity contribution in [3.8, 4) is 0 Å². The molecule has 0 bridgehead atoms. The summed E-state index contributed by atoms with van der Waals surface area (Å²) in [5.74, 6) is -1.08. The minimum atomic E-state index is -4.67. The Bertz CT molecular complexity index is 797. The van der Waals surface area contributed by atoms with Crippen molar-refractivity contribution in [2.45, 2.75) is 26.9 Å². The standard InChI is InChI=1S/C16H15F3N2O2S/c1-8-6-12(9(2)24-8)15(23)21-14-5-4-11(20-10(3)22)7-13(14)16(17,18)19/h4-7H,1-3H3,(H,20,22)(H,21,23). The van der Waals surface area contributed by atoms with Gasteiger partial charge >= 0.3 is 6.18 Å². The summed E-state index contributed by atoms with van der Waals surface area (Å²) in [5, 5.41) is 4.60. The Labute approximate surface area is 140 Å². The van der Waals surface area contributed by atoms with Crippen LogP contribution >= 0.6 is 11.3 Å². The van der Waals surface area contributed by atoms with E-state index in [0.717, 1.165) is 21.9 Å². The van der Waals surface area contributed by atoms with Gasteiger partial charge in [0.2, 0.25) is 5.91 Å². The molecule has 0 spiro atoms. The van der Waals surface area contributed by atoms with Crippen LogP contribution in [0.15, 0.2) is 24.3 Å². The second kappa shape index (κ2) is 6.64. The fourth-order valence-corrected chi connectivity index (χ4v) is 3.14. The molecular weight excluding hydrogens is 341 g/mol. The molecule has 2 rings (SSSR count). The normalized spacial score (nSPS) is 11.2. The van der Waals surface area contributed by atoms with Gasteiger partial charge in [0.05, 0.1) is 16.8 Å². The number of halogens is 3. The van der Waals surface area contributed by atoms with Crippen molar-refractivity contribution in [3.63, 3.8) is 0 Å². The predicted molar refractivity (Wildman–Crippen MR) is 87.5 cm³/mol. The third-order valence-electron chi connectivity index (χ3n) is 3.18. The van der Waals surface area contributed by atoms with E-state index in [1.807, 2.05) is 6.92 Å². The monoisotopic (exact) mass is 356 g/mol. The molecule has 0 unspecified atom stereocenters. The summed E-state index contributed by atoms with van der Waals surface area (Å²) in [6.45, 7) is 4.75. The Morgan fingerprint density at radius 2 is 1.75 bits per heavy atom. The molecule has 8 heteroatoms. The first-order valence-electron chi connectivity index (χ1n) is 6.95. The van der Waals surface area contributed by atoms with Crippen molar-refractivity contribution in [2.75, 3.05) is 10.6 Å². The molecule has 1 aromatic heterocycles. The summed E-state index contributed by atoms with van der Waals surface area (Å²) in [6, 6.07) is 4.86. The number of anilines is 2. The molecule has 0 saturated heterocycles. The minimum absolute atomic E-state index is 0.00961. The molecule has 24 heavy (non-hydrogen) atoms. The average molecular weight is 356 g/mol. The molecule has 128 valence electrons. The van der Waals surface area contributed by atoms with E-state index in [1.165, 1.54) is 24.3 Å². The molecule has 0 saturated carbocycles. The van der Waals surface area contributed by atoms with E-state index in [0.29, 0.717) is 5.56 Å². The molecule has 1 aromatic carbocycles. The molecule has 2 aromatic rings. The lowest BCUT2D eigenvalue weighted by atomic mass is 10.1. The number of benzene rings is 1. The summed E-state index contributed by atoms with van der Waals surface area (Å²) >= 11 is 1.40. The first kappa shape index (κ1) is 18.0. The maximum Gasteiger partial charge on any atom is 0.418 e. The zero-order valence-corrected chi connectivity index (χ0v) is 14.0. The van der Waals surface area contributed by atoms with Crippen LogP contribution in [-0.4, -0.2) is 11.8 Å². The van der Waals surface area contributed by atoms with Gasteiger partial charge in [0.1, 0.15) is 0 Å². The van der Waals surface area contributed by atoms with Crippen LogP contribution in [0.1, 0.15) is 32.6 Å². The largest absolute Gasteiger partial charge is 0.418 e. The predicted octanol–water partition coefficient (Wildman–Crippen LogP) is 4.59. The van der Waals surface area contributed by atoms with Gasteiger partial charge in [0, 0.05) is 22.4 Å². The second-order valence-electron chi connectivity index (χ2n) is 5.22. The molecule has 0 aliphatic heterocycles. The number of rotatable bonds is 3. The summed E-state index contributed by atoms with van der Waals surface area (Å²) in [5.41, 5.74) is -1.02. The molecule has 0 aliphatic carbocycles. The fourth-order valence-electron chi connectivity index (χ4n) is 2.21. The van der Waals surface area contributed by atoms with E-state index >= 15 is 0 Å². The first-order valence-corrected chi connectivity index (χ1v) is 7.77. The van der Waals surface area contributed by atoms with Gasteiger partial charge in [-0.25, -0.2) is 0 Å². The van der Waals surface area contributed by atoms with E-state index in [-0.39, 0.29) is 11.4 Å². The Morgan fingerprint density at radius 3 is 2.25 bits per heavy atom. The summed E-state index contributed by atoms with van der Waals surface area (Å²) in [6.07, 6.45) is -4.67. The van der Waals surface area contributed by atoms with Crippen LogP contribution in [-0.2, 0) is 11.0 Å². The van der Waals surface area contributed by atoms with E-state index in [1.54, 1.807) is 13.0 Å². The topological polar surface area (TPSA) is 58.2 Å². The van der Waals surface area contributed by atoms with Gasteiger partial charge in [-0.1, -0.05) is 0 Å². The summed E-state index contributed by atoms with van der Waals surface area (Å²) < 4.78 is 39.7. The van der Waals surface area contributed by atoms with E-state index in [2.05, 4.69) is 10.6 Å². The lowest BCUT2D eigenvalue weighted by Gasteiger charge is -2.15. The molecule has 0 atom stereocenters. The highest BCUT2D eigenvalue weighted by atomic mass is 32.1. The Balaban J connectivity index is 2.37. The third kappa shape index (κ3) is 4.14. The lowest BCUT2D eigenvalue weighted by Crippen LogP contribution is -2.17. The van der Waals surface area contributed by atoms with E-state index < -0.39 is 23.6 Å². The van der Waals surface area contributed by atoms with Crippen molar-refractivity contribution in [2.24, 2.45) is 0 Å². The maximum absolute atomic E-state index is 13.2. The Morgan fingerprint density at radius 1 is 1.08 bits per heavy atom. The average Bonchev–Trinajstić information content (AvgIpc) is 2.77. The van der Waals surface area contributed by atoms with Crippen LogP contribution in [0, 0.1) is 13.8 Å². The molecule has 0 aliphatic rings. The van der Waals surface area contributed by atoms with Gasteiger partial charge in [-0.05, 0) is 38.1 Å². The summed E-state index contributed by atoms with van der Waals surface area (Å²) in [7, 11) is 0. The number of carbonyl (C=O) groups is 2. The Kier molecular flexibility index (Phi) is 4.98. The number of carbonyl (C=O) groups excluding carboxylic acids is 2. The molecule has 2 N–H and O–H groups in total. The highest BCUT2D eigenvalue weighted by Gasteiger charge is 2.34.